The van der Waals surface area contributed by atoms with Crippen molar-refractivity contribution in [2.45, 2.75) is 56.9 Å². The van der Waals surface area contributed by atoms with Gasteiger partial charge >= 0.3 is 0 Å². The number of rotatable bonds is 9. The quantitative estimate of drug-likeness (QED) is 0.227. The van der Waals surface area contributed by atoms with Gasteiger partial charge in [0.1, 0.15) is 0 Å². The lowest BCUT2D eigenvalue weighted by Crippen LogP contribution is -2.47. The van der Waals surface area contributed by atoms with Gasteiger partial charge in [0.15, 0.2) is 5.96 Å². The van der Waals surface area contributed by atoms with Crippen LogP contribution in [0.3, 0.4) is 0 Å². The largest absolute Gasteiger partial charge is 0.356 e. The molecule has 28 heavy (non-hydrogen) atoms. The second-order valence-electron chi connectivity index (χ2n) is 7.38. The van der Waals surface area contributed by atoms with Crippen LogP contribution in [-0.4, -0.2) is 59.3 Å². The summed E-state index contributed by atoms with van der Waals surface area (Å²) < 4.78 is 12.1. The molecule has 0 bridgehead atoms. The maximum absolute atomic E-state index is 12.1. The van der Waals surface area contributed by atoms with E-state index in [2.05, 4.69) is 57.9 Å². The second-order valence-corrected chi connectivity index (χ2v) is 9.38. The summed E-state index contributed by atoms with van der Waals surface area (Å²) in [5.74, 6) is 1.63. The Labute approximate surface area is 190 Å². The van der Waals surface area contributed by atoms with Crippen LogP contribution in [0.4, 0.5) is 0 Å². The summed E-state index contributed by atoms with van der Waals surface area (Å²) in [6.45, 7) is 4.93. The number of hydrogen-bond acceptors (Lipinski definition) is 3. The molecule has 1 aromatic carbocycles. The maximum Gasteiger partial charge on any atom is 0.191 e. The standard InChI is InChI=1S/C21H36N4OS.HI/c1-4-27(26)20-13-8-12-19(16-20)24-21(22-2)23-14-9-15-25(3)17-18-10-6-5-7-11-18;/h5-7,10-11,19-20H,4,8-9,12-17H2,1-3H3,(H2,22,23,24);1H. The van der Waals surface area contributed by atoms with E-state index >= 15 is 0 Å². The second kappa shape index (κ2) is 14.3. The lowest BCUT2D eigenvalue weighted by Gasteiger charge is -2.30. The first-order valence-corrected chi connectivity index (χ1v) is 11.6. The number of hydrogen-bond donors (Lipinski definition) is 2. The minimum atomic E-state index is -0.686. The molecule has 1 fully saturated rings. The van der Waals surface area contributed by atoms with Gasteiger partial charge in [-0.05, 0) is 44.8 Å². The fourth-order valence-electron chi connectivity index (χ4n) is 3.67. The molecule has 160 valence electrons. The number of guanidine groups is 1. The Morgan fingerprint density at radius 2 is 2.04 bits per heavy atom. The average molecular weight is 521 g/mol. The van der Waals surface area contributed by atoms with Crippen molar-refractivity contribution in [3.63, 3.8) is 0 Å². The third-order valence-electron chi connectivity index (χ3n) is 5.15. The zero-order valence-electron chi connectivity index (χ0n) is 17.5. The summed E-state index contributed by atoms with van der Waals surface area (Å²) in [5, 5.41) is 7.30. The van der Waals surface area contributed by atoms with Crippen LogP contribution in [0.15, 0.2) is 35.3 Å². The van der Waals surface area contributed by atoms with E-state index in [0.717, 1.165) is 63.5 Å². The van der Waals surface area contributed by atoms with Crippen molar-refractivity contribution < 1.29 is 4.21 Å². The Morgan fingerprint density at radius 1 is 1.29 bits per heavy atom. The third-order valence-corrected chi connectivity index (χ3v) is 6.89. The Morgan fingerprint density at radius 3 is 2.71 bits per heavy atom. The van der Waals surface area contributed by atoms with Gasteiger partial charge in [-0.25, -0.2) is 0 Å². The lowest BCUT2D eigenvalue weighted by molar-refractivity contribution is 0.322. The molecule has 3 unspecified atom stereocenters. The SMILES string of the molecule is CCS(=O)C1CCCC(NC(=NC)NCCCN(C)Cc2ccccc2)C1.I. The lowest BCUT2D eigenvalue weighted by atomic mass is 9.95. The van der Waals surface area contributed by atoms with Crippen molar-refractivity contribution in [3.05, 3.63) is 35.9 Å². The molecule has 5 nitrogen and oxygen atoms in total. The summed E-state index contributed by atoms with van der Waals surface area (Å²) in [6.07, 6.45) is 5.43. The summed E-state index contributed by atoms with van der Waals surface area (Å²) in [4.78, 5) is 6.71. The number of halogens is 1. The van der Waals surface area contributed by atoms with E-state index in [4.69, 9.17) is 0 Å². The minimum absolute atomic E-state index is 0. The molecule has 1 saturated carbocycles. The molecule has 0 radical (unpaired) electrons. The van der Waals surface area contributed by atoms with E-state index in [1.807, 2.05) is 14.0 Å². The van der Waals surface area contributed by atoms with Crippen molar-refractivity contribution >= 4 is 40.7 Å². The van der Waals surface area contributed by atoms with E-state index in [0.29, 0.717) is 11.3 Å². The van der Waals surface area contributed by atoms with E-state index in [1.165, 1.54) is 5.56 Å². The third kappa shape index (κ3) is 9.22. The Hall–Kier alpha value is -0.670. The zero-order valence-corrected chi connectivity index (χ0v) is 20.7. The van der Waals surface area contributed by atoms with Gasteiger partial charge in [-0.15, -0.1) is 24.0 Å². The van der Waals surface area contributed by atoms with Crippen LogP contribution in [0.5, 0.6) is 0 Å². The normalized spacial score (nSPS) is 21.1. The molecule has 0 saturated heterocycles. The van der Waals surface area contributed by atoms with Crippen LogP contribution in [0.2, 0.25) is 0 Å². The van der Waals surface area contributed by atoms with Gasteiger partial charge in [0.2, 0.25) is 0 Å². The predicted molar refractivity (Wildman–Crippen MR) is 132 cm³/mol. The van der Waals surface area contributed by atoms with Gasteiger partial charge in [-0.2, -0.15) is 0 Å². The molecule has 0 amide bonds. The first-order valence-electron chi connectivity index (χ1n) is 10.2. The fraction of sp³-hybridized carbons (Fsp3) is 0.667. The summed E-state index contributed by atoms with van der Waals surface area (Å²) >= 11 is 0. The molecule has 2 N–H and O–H groups in total. The highest BCUT2D eigenvalue weighted by Crippen LogP contribution is 2.22. The molecule has 1 aliphatic carbocycles. The number of nitrogens with one attached hydrogen (secondary N) is 2. The van der Waals surface area contributed by atoms with Crippen molar-refractivity contribution in [1.29, 1.82) is 0 Å². The molecule has 3 atom stereocenters. The molecule has 7 heteroatoms. The van der Waals surface area contributed by atoms with E-state index < -0.39 is 10.8 Å². The fourth-order valence-corrected chi connectivity index (χ4v) is 5.02. The molecule has 0 aliphatic heterocycles. The monoisotopic (exact) mass is 520 g/mol. The van der Waals surface area contributed by atoms with Crippen LogP contribution in [0, 0.1) is 0 Å². The van der Waals surface area contributed by atoms with Crippen molar-refractivity contribution in [2.75, 3.05) is 32.9 Å². The minimum Gasteiger partial charge on any atom is -0.356 e. The van der Waals surface area contributed by atoms with Gasteiger partial charge in [0.25, 0.3) is 0 Å². The maximum atomic E-state index is 12.1. The van der Waals surface area contributed by atoms with Crippen LogP contribution in [0.25, 0.3) is 0 Å². The van der Waals surface area contributed by atoms with E-state index in [1.54, 1.807) is 0 Å². The highest BCUT2D eigenvalue weighted by Gasteiger charge is 2.25. The number of benzene rings is 1. The molecule has 1 aliphatic rings. The van der Waals surface area contributed by atoms with Crippen molar-refractivity contribution in [3.8, 4) is 0 Å². The number of aliphatic imine (C=N–C) groups is 1. The van der Waals surface area contributed by atoms with Crippen LogP contribution in [0.1, 0.15) is 44.6 Å². The first kappa shape index (κ1) is 25.4. The molecule has 0 heterocycles. The van der Waals surface area contributed by atoms with Gasteiger partial charge < -0.3 is 15.5 Å². The topological polar surface area (TPSA) is 56.7 Å². The Bertz CT molecular complexity index is 599. The van der Waals surface area contributed by atoms with Crippen LogP contribution >= 0.6 is 24.0 Å². The molecule has 0 aromatic heterocycles. The molecule has 2 rings (SSSR count). The molecule has 0 spiro atoms. The molecule has 1 aromatic rings. The average Bonchev–Trinajstić information content (AvgIpc) is 2.70. The van der Waals surface area contributed by atoms with Gasteiger partial charge in [-0.3, -0.25) is 9.20 Å². The van der Waals surface area contributed by atoms with E-state index in [9.17, 15) is 4.21 Å². The predicted octanol–water partition coefficient (Wildman–Crippen LogP) is 3.37. The smallest absolute Gasteiger partial charge is 0.191 e. The van der Waals surface area contributed by atoms with Crippen molar-refractivity contribution in [1.82, 2.24) is 15.5 Å². The van der Waals surface area contributed by atoms with Gasteiger partial charge in [0, 0.05) is 48.0 Å². The highest BCUT2D eigenvalue weighted by atomic mass is 127. The van der Waals surface area contributed by atoms with E-state index in [-0.39, 0.29) is 24.0 Å². The summed E-state index contributed by atoms with van der Waals surface area (Å²) in [5.41, 5.74) is 1.35. The molecular weight excluding hydrogens is 483 g/mol. The number of nitrogens with zero attached hydrogens (tertiary/aromatic N) is 2. The van der Waals surface area contributed by atoms with Crippen LogP contribution < -0.4 is 10.6 Å². The summed E-state index contributed by atoms with van der Waals surface area (Å²) in [6, 6.07) is 11.0. The Balaban J connectivity index is 0.00000392. The van der Waals surface area contributed by atoms with Crippen LogP contribution in [-0.2, 0) is 17.3 Å². The summed E-state index contributed by atoms with van der Waals surface area (Å²) in [7, 11) is 3.30. The molecular formula is C21H37IN4OS. The van der Waals surface area contributed by atoms with Gasteiger partial charge in [0.05, 0.1) is 0 Å². The zero-order chi connectivity index (χ0) is 19.5. The van der Waals surface area contributed by atoms with Crippen molar-refractivity contribution in [2.24, 2.45) is 4.99 Å². The van der Waals surface area contributed by atoms with Gasteiger partial charge in [-0.1, -0.05) is 43.7 Å². The Kier molecular flexibility index (Phi) is 13.0. The first-order chi connectivity index (χ1) is 13.1. The highest BCUT2D eigenvalue weighted by molar-refractivity contribution is 14.0.